The minimum atomic E-state index is -3.35. The average Bonchev–Trinajstić information content (AvgIpc) is 2.97. The third-order valence-corrected chi connectivity index (χ3v) is 8.02. The quantitative estimate of drug-likeness (QED) is 0.776. The van der Waals surface area contributed by atoms with Crippen LogP contribution in [-0.4, -0.2) is 30.3 Å². The molecule has 0 bridgehead atoms. The van der Waals surface area contributed by atoms with Crippen LogP contribution in [0, 0.1) is 0 Å². The highest BCUT2D eigenvalue weighted by molar-refractivity contribution is 7.91. The molecular weight excluding hydrogens is 324 g/mol. The predicted octanol–water partition coefficient (Wildman–Crippen LogP) is 3.16. The largest absolute Gasteiger partial charge is 0.252 e. The van der Waals surface area contributed by atoms with Crippen LogP contribution in [0.15, 0.2) is 27.9 Å². The molecule has 1 aliphatic carbocycles. The first-order valence-corrected chi connectivity index (χ1v) is 10.2. The monoisotopic (exact) mass is 342 g/mol. The zero-order chi connectivity index (χ0) is 14.9. The lowest BCUT2D eigenvalue weighted by Gasteiger charge is -2.20. The molecule has 1 aliphatic rings. The molecule has 4 nitrogen and oxygen atoms in total. The van der Waals surface area contributed by atoms with E-state index in [-0.39, 0.29) is 6.04 Å². The summed E-state index contributed by atoms with van der Waals surface area (Å²) in [6.07, 6.45) is 5.29. The van der Waals surface area contributed by atoms with E-state index in [1.165, 1.54) is 11.3 Å². The smallest absolute Gasteiger partial charge is 0.250 e. The Labute approximate surface area is 133 Å². The first kappa shape index (κ1) is 15.1. The zero-order valence-electron chi connectivity index (χ0n) is 11.9. The van der Waals surface area contributed by atoms with Crippen molar-refractivity contribution in [2.24, 2.45) is 0 Å². The van der Waals surface area contributed by atoms with Gasteiger partial charge in [-0.25, -0.2) is 13.4 Å². The number of sulfonamides is 1. The lowest BCUT2D eigenvalue weighted by atomic mass is 10.4. The van der Waals surface area contributed by atoms with Crippen LogP contribution in [0.5, 0.6) is 0 Å². The van der Waals surface area contributed by atoms with E-state index >= 15 is 0 Å². The minimum Gasteiger partial charge on any atom is -0.250 e. The highest BCUT2D eigenvalue weighted by Gasteiger charge is 2.38. The molecule has 1 fully saturated rings. The summed E-state index contributed by atoms with van der Waals surface area (Å²) in [5.41, 5.74) is 0. The highest BCUT2D eigenvalue weighted by atomic mass is 32.2. The van der Waals surface area contributed by atoms with Crippen molar-refractivity contribution >= 4 is 32.7 Å². The van der Waals surface area contributed by atoms with Crippen LogP contribution in [0.3, 0.4) is 0 Å². The van der Waals surface area contributed by atoms with E-state index in [2.05, 4.69) is 4.98 Å². The molecule has 114 valence electrons. The Hall–Kier alpha value is -0.760. The van der Waals surface area contributed by atoms with Gasteiger partial charge in [0.05, 0.1) is 5.01 Å². The normalized spacial score (nSPS) is 15.7. The van der Waals surface area contributed by atoms with Gasteiger partial charge >= 0.3 is 0 Å². The molecule has 2 aromatic heterocycles. The summed E-state index contributed by atoms with van der Waals surface area (Å²) in [6.45, 7) is 2.57. The van der Waals surface area contributed by atoms with E-state index in [1.54, 1.807) is 27.9 Å². The molecule has 0 N–H and O–H groups in total. The van der Waals surface area contributed by atoms with Gasteiger partial charge in [-0.05, 0) is 31.4 Å². The van der Waals surface area contributed by atoms with Gasteiger partial charge in [0.15, 0.2) is 0 Å². The van der Waals surface area contributed by atoms with Gasteiger partial charge in [0, 0.05) is 35.5 Å². The molecule has 2 aromatic rings. The fourth-order valence-electron chi connectivity index (χ4n) is 2.25. The molecule has 0 atom stereocenters. The number of aromatic nitrogens is 1. The first-order chi connectivity index (χ1) is 10.1. The van der Waals surface area contributed by atoms with Crippen LogP contribution in [0.1, 0.15) is 29.7 Å². The minimum absolute atomic E-state index is 0.183. The first-order valence-electron chi connectivity index (χ1n) is 7.10. The number of nitrogens with zero attached hydrogens (tertiary/aromatic N) is 2. The molecule has 0 unspecified atom stereocenters. The molecule has 21 heavy (non-hydrogen) atoms. The second-order valence-electron chi connectivity index (χ2n) is 5.10. The average molecular weight is 343 g/mol. The van der Waals surface area contributed by atoms with Crippen LogP contribution in [-0.2, 0) is 22.9 Å². The van der Waals surface area contributed by atoms with Gasteiger partial charge in [0.25, 0.3) is 10.0 Å². The Kier molecular flexibility index (Phi) is 4.44. The Morgan fingerprint density at radius 2 is 2.19 bits per heavy atom. The van der Waals surface area contributed by atoms with Crippen molar-refractivity contribution in [2.45, 2.75) is 42.9 Å². The Bertz CT molecular complexity index is 688. The summed E-state index contributed by atoms with van der Waals surface area (Å²) in [6, 6.07) is 3.85. The summed E-state index contributed by atoms with van der Waals surface area (Å²) in [5.74, 6) is 0. The maximum absolute atomic E-state index is 12.8. The maximum Gasteiger partial charge on any atom is 0.252 e. The molecule has 0 aliphatic heterocycles. The van der Waals surface area contributed by atoms with Crippen LogP contribution in [0.25, 0.3) is 0 Å². The molecule has 1 saturated carbocycles. The molecular formula is C14H18N2O2S3. The van der Waals surface area contributed by atoms with Gasteiger partial charge in [-0.1, -0.05) is 6.92 Å². The topological polar surface area (TPSA) is 50.3 Å². The van der Waals surface area contributed by atoms with Crippen LogP contribution < -0.4 is 0 Å². The van der Waals surface area contributed by atoms with Crippen molar-refractivity contribution in [3.8, 4) is 0 Å². The van der Waals surface area contributed by atoms with Crippen molar-refractivity contribution in [2.75, 3.05) is 6.54 Å². The lowest BCUT2D eigenvalue weighted by Crippen LogP contribution is -2.34. The SMILES string of the molecule is CCc1ccc(S(=O)(=O)N(CCc2nccs2)C2CC2)s1. The summed E-state index contributed by atoms with van der Waals surface area (Å²) in [5, 5.41) is 2.93. The zero-order valence-corrected chi connectivity index (χ0v) is 14.3. The summed E-state index contributed by atoms with van der Waals surface area (Å²) >= 11 is 2.98. The second-order valence-corrected chi connectivity index (χ2v) is 9.36. The predicted molar refractivity (Wildman–Crippen MR) is 86.4 cm³/mol. The van der Waals surface area contributed by atoms with Crippen molar-refractivity contribution in [3.63, 3.8) is 0 Å². The standard InChI is InChI=1S/C14H18N2O2S3/c1-2-12-5-6-14(20-12)21(17,18)16(11-3-4-11)9-7-13-15-8-10-19-13/h5-6,8,10-11H,2-4,7,9H2,1H3. The van der Waals surface area contributed by atoms with Crippen LogP contribution >= 0.6 is 22.7 Å². The number of hydrogen-bond donors (Lipinski definition) is 0. The Morgan fingerprint density at radius 3 is 2.76 bits per heavy atom. The molecule has 0 saturated heterocycles. The van der Waals surface area contributed by atoms with Crippen molar-refractivity contribution < 1.29 is 8.42 Å². The van der Waals surface area contributed by atoms with Gasteiger partial charge in [-0.15, -0.1) is 22.7 Å². The van der Waals surface area contributed by atoms with Crippen LogP contribution in [0.2, 0.25) is 0 Å². The third kappa shape index (κ3) is 3.36. The molecule has 0 amide bonds. The number of thiophene rings is 1. The van der Waals surface area contributed by atoms with Crippen molar-refractivity contribution in [1.29, 1.82) is 0 Å². The van der Waals surface area contributed by atoms with E-state index in [9.17, 15) is 8.42 Å². The van der Waals surface area contributed by atoms with Crippen molar-refractivity contribution in [1.82, 2.24) is 9.29 Å². The van der Waals surface area contributed by atoms with Gasteiger partial charge < -0.3 is 0 Å². The van der Waals surface area contributed by atoms with Crippen LogP contribution in [0.4, 0.5) is 0 Å². The molecule has 2 heterocycles. The Morgan fingerprint density at radius 1 is 1.38 bits per heavy atom. The number of thiazole rings is 1. The highest BCUT2D eigenvalue weighted by Crippen LogP contribution is 2.34. The molecule has 0 spiro atoms. The number of rotatable bonds is 7. The van der Waals surface area contributed by atoms with E-state index < -0.39 is 10.0 Å². The molecule has 0 aromatic carbocycles. The fraction of sp³-hybridized carbons (Fsp3) is 0.500. The van der Waals surface area contributed by atoms with Gasteiger partial charge in [0.2, 0.25) is 0 Å². The van der Waals surface area contributed by atoms with Gasteiger partial charge in [-0.2, -0.15) is 4.31 Å². The summed E-state index contributed by atoms with van der Waals surface area (Å²) in [7, 11) is -3.35. The number of aryl methyl sites for hydroxylation is 1. The molecule has 7 heteroatoms. The fourth-order valence-corrected chi connectivity index (χ4v) is 5.97. The van der Waals surface area contributed by atoms with Gasteiger partial charge in [-0.3, -0.25) is 0 Å². The van der Waals surface area contributed by atoms with Crippen molar-refractivity contribution in [3.05, 3.63) is 33.6 Å². The number of hydrogen-bond acceptors (Lipinski definition) is 5. The lowest BCUT2D eigenvalue weighted by molar-refractivity contribution is 0.408. The molecule has 3 rings (SSSR count). The summed E-state index contributed by atoms with van der Waals surface area (Å²) in [4.78, 5) is 5.35. The Balaban J connectivity index is 1.79. The molecule has 0 radical (unpaired) electrons. The van der Waals surface area contributed by atoms with E-state index in [0.29, 0.717) is 17.2 Å². The maximum atomic E-state index is 12.8. The second kappa shape index (κ2) is 6.16. The van der Waals surface area contributed by atoms with E-state index in [1.807, 2.05) is 18.4 Å². The van der Waals surface area contributed by atoms with Gasteiger partial charge in [0.1, 0.15) is 4.21 Å². The van der Waals surface area contributed by atoms with E-state index in [4.69, 9.17) is 0 Å². The summed E-state index contributed by atoms with van der Waals surface area (Å²) < 4.78 is 27.8. The third-order valence-electron chi connectivity index (χ3n) is 3.53. The van der Waals surface area contributed by atoms with E-state index in [0.717, 1.165) is 29.1 Å².